The molecular formula is C25H25NO4. The second kappa shape index (κ2) is 9.85. The van der Waals surface area contributed by atoms with Gasteiger partial charge in [-0.15, -0.1) is 0 Å². The van der Waals surface area contributed by atoms with Gasteiger partial charge in [0.25, 0.3) is 0 Å². The quantitative estimate of drug-likeness (QED) is 0.525. The Morgan fingerprint density at radius 1 is 1.03 bits per heavy atom. The molecule has 0 bridgehead atoms. The monoisotopic (exact) mass is 403 g/mol. The number of carboxylic acid groups (broad SMARTS) is 1. The normalized spacial score (nSPS) is 12.2. The smallest absolute Gasteiger partial charge is 0.332 e. The molecular weight excluding hydrogens is 378 g/mol. The fraction of sp³-hybridized carbons (Fsp3) is 0.200. The lowest BCUT2D eigenvalue weighted by Crippen LogP contribution is -2.19. The van der Waals surface area contributed by atoms with Crippen LogP contribution in [-0.4, -0.2) is 27.5 Å². The van der Waals surface area contributed by atoms with Crippen LogP contribution in [0.25, 0.3) is 6.08 Å². The molecule has 0 unspecified atom stereocenters. The van der Waals surface area contributed by atoms with Gasteiger partial charge in [0.2, 0.25) is 0 Å². The van der Waals surface area contributed by atoms with E-state index >= 15 is 0 Å². The van der Waals surface area contributed by atoms with Crippen molar-refractivity contribution in [3.8, 4) is 0 Å². The molecule has 5 nitrogen and oxygen atoms in total. The van der Waals surface area contributed by atoms with Crippen molar-refractivity contribution in [1.82, 2.24) is 4.57 Å². The zero-order chi connectivity index (χ0) is 21.5. The van der Waals surface area contributed by atoms with Crippen LogP contribution in [0.5, 0.6) is 0 Å². The van der Waals surface area contributed by atoms with Gasteiger partial charge in [-0.2, -0.15) is 0 Å². The Bertz CT molecular complexity index is 1030. The number of benzene rings is 2. The highest BCUT2D eigenvalue weighted by atomic mass is 16.5. The highest BCUT2D eigenvalue weighted by Gasteiger charge is 2.11. The maximum atomic E-state index is 12.6. The summed E-state index contributed by atoms with van der Waals surface area (Å²) < 4.78 is 7.24. The highest BCUT2D eigenvalue weighted by molar-refractivity contribution is 6.08. The van der Waals surface area contributed by atoms with E-state index in [-0.39, 0.29) is 12.4 Å². The first-order valence-electron chi connectivity index (χ1n) is 9.79. The van der Waals surface area contributed by atoms with E-state index in [1.807, 2.05) is 90.6 Å². The molecule has 1 aromatic heterocycles. The lowest BCUT2D eigenvalue weighted by Gasteiger charge is -2.08. The van der Waals surface area contributed by atoms with Gasteiger partial charge >= 0.3 is 5.97 Å². The summed E-state index contributed by atoms with van der Waals surface area (Å²) in [4.78, 5) is 23.3. The van der Waals surface area contributed by atoms with Gasteiger partial charge in [0, 0.05) is 30.1 Å². The van der Waals surface area contributed by atoms with Crippen LogP contribution < -0.4 is 0 Å². The Morgan fingerprint density at radius 2 is 1.73 bits per heavy atom. The minimum atomic E-state index is -0.969. The van der Waals surface area contributed by atoms with Crippen LogP contribution >= 0.6 is 0 Å². The summed E-state index contributed by atoms with van der Waals surface area (Å²) in [5.41, 5.74) is 4.45. The van der Waals surface area contributed by atoms with Gasteiger partial charge in [0.05, 0.1) is 6.61 Å². The molecule has 3 aromatic rings. The number of hydrogen-bond acceptors (Lipinski definition) is 3. The maximum Gasteiger partial charge on any atom is 0.332 e. The number of nitrogens with zero attached hydrogens (tertiary/aromatic N) is 1. The molecule has 1 N–H and O–H groups in total. The number of carbonyl (C=O) groups excluding carboxylic acids is 1. The Kier molecular flexibility index (Phi) is 6.99. The number of carbonyl (C=O) groups is 2. The molecule has 1 heterocycles. The van der Waals surface area contributed by atoms with Gasteiger partial charge in [-0.05, 0) is 31.0 Å². The first-order valence-corrected chi connectivity index (χ1v) is 9.79. The standard InChI is InChI=1S/C25H25NO4/c1-18-5-11-22(12-6-18)24(27)23-13-15-26(16-23)14-3-4-20-7-9-21(10-8-20)17-30-19(2)25(28)29/h3-13,15-16,19H,14,17H2,1-2H3,(H,28,29)/t19-/m0/s1. The van der Waals surface area contributed by atoms with Crippen LogP contribution in [0.4, 0.5) is 0 Å². The fourth-order valence-electron chi connectivity index (χ4n) is 2.89. The lowest BCUT2D eigenvalue weighted by atomic mass is 10.0. The molecule has 0 saturated carbocycles. The number of ether oxygens (including phenoxy) is 1. The molecule has 0 aliphatic heterocycles. The summed E-state index contributed by atoms with van der Waals surface area (Å²) in [6, 6.07) is 17.2. The largest absolute Gasteiger partial charge is 0.479 e. The lowest BCUT2D eigenvalue weighted by molar-refractivity contribution is -0.149. The first kappa shape index (κ1) is 21.3. The second-order valence-electron chi connectivity index (χ2n) is 7.23. The van der Waals surface area contributed by atoms with E-state index in [1.165, 1.54) is 6.92 Å². The Balaban J connectivity index is 1.54. The van der Waals surface area contributed by atoms with Gasteiger partial charge in [0.15, 0.2) is 11.9 Å². The predicted molar refractivity (Wildman–Crippen MR) is 116 cm³/mol. The first-order chi connectivity index (χ1) is 14.4. The molecule has 3 rings (SSSR count). The zero-order valence-electron chi connectivity index (χ0n) is 17.1. The minimum absolute atomic E-state index is 0.0211. The van der Waals surface area contributed by atoms with Crippen LogP contribution in [0, 0.1) is 6.92 Å². The van der Waals surface area contributed by atoms with Crippen molar-refractivity contribution in [3.05, 3.63) is 101 Å². The average Bonchev–Trinajstić information content (AvgIpc) is 3.22. The van der Waals surface area contributed by atoms with Crippen molar-refractivity contribution < 1.29 is 19.4 Å². The van der Waals surface area contributed by atoms with E-state index in [2.05, 4.69) is 0 Å². The molecule has 0 aliphatic rings. The number of ketones is 1. The van der Waals surface area contributed by atoms with Crippen molar-refractivity contribution in [2.75, 3.05) is 0 Å². The van der Waals surface area contributed by atoms with E-state index in [9.17, 15) is 9.59 Å². The number of aromatic nitrogens is 1. The van der Waals surface area contributed by atoms with Crippen molar-refractivity contribution >= 4 is 17.8 Å². The number of aliphatic carboxylic acids is 1. The van der Waals surface area contributed by atoms with Crippen LogP contribution in [0.15, 0.2) is 73.1 Å². The average molecular weight is 403 g/mol. The summed E-state index contributed by atoms with van der Waals surface area (Å²) in [6.45, 7) is 4.43. The van der Waals surface area contributed by atoms with E-state index in [1.54, 1.807) is 0 Å². The van der Waals surface area contributed by atoms with Gasteiger partial charge < -0.3 is 14.4 Å². The molecule has 30 heavy (non-hydrogen) atoms. The second-order valence-corrected chi connectivity index (χ2v) is 7.23. The summed E-state index contributed by atoms with van der Waals surface area (Å²) in [7, 11) is 0. The molecule has 0 saturated heterocycles. The van der Waals surface area contributed by atoms with E-state index in [0.717, 1.165) is 16.7 Å². The van der Waals surface area contributed by atoms with Gasteiger partial charge in [0.1, 0.15) is 0 Å². The summed E-state index contributed by atoms with van der Waals surface area (Å²) in [5.74, 6) is -0.948. The van der Waals surface area contributed by atoms with Gasteiger partial charge in [-0.25, -0.2) is 4.79 Å². The SMILES string of the molecule is Cc1ccc(C(=O)c2ccn(CC=Cc3ccc(CO[C@@H](C)C(=O)O)cc3)c2)cc1. The Hall–Kier alpha value is -3.44. The third-order valence-corrected chi connectivity index (χ3v) is 4.78. The molecule has 0 amide bonds. The van der Waals surface area contributed by atoms with Crippen LogP contribution in [0.3, 0.4) is 0 Å². The number of aryl methyl sites for hydroxylation is 1. The topological polar surface area (TPSA) is 68.5 Å². The highest BCUT2D eigenvalue weighted by Crippen LogP contribution is 2.13. The number of carboxylic acids is 1. The van der Waals surface area contributed by atoms with Crippen LogP contribution in [-0.2, 0) is 22.7 Å². The Labute approximate surface area is 176 Å². The third-order valence-electron chi connectivity index (χ3n) is 4.78. The summed E-state index contributed by atoms with van der Waals surface area (Å²) in [5, 5.41) is 8.84. The molecule has 0 spiro atoms. The fourth-order valence-corrected chi connectivity index (χ4v) is 2.89. The molecule has 0 fully saturated rings. The van der Waals surface area contributed by atoms with Gasteiger partial charge in [-0.3, -0.25) is 4.79 Å². The van der Waals surface area contributed by atoms with E-state index in [0.29, 0.717) is 17.7 Å². The third kappa shape index (κ3) is 5.78. The predicted octanol–water partition coefficient (Wildman–Crippen LogP) is 4.73. The van der Waals surface area contributed by atoms with E-state index in [4.69, 9.17) is 9.84 Å². The maximum absolute atomic E-state index is 12.6. The molecule has 0 aliphatic carbocycles. The van der Waals surface area contributed by atoms with E-state index < -0.39 is 12.1 Å². The number of allylic oxidation sites excluding steroid dienone is 1. The van der Waals surface area contributed by atoms with Crippen molar-refractivity contribution in [2.24, 2.45) is 0 Å². The number of hydrogen-bond donors (Lipinski definition) is 1. The molecule has 0 radical (unpaired) electrons. The number of rotatable bonds is 9. The van der Waals surface area contributed by atoms with Crippen molar-refractivity contribution in [3.63, 3.8) is 0 Å². The molecule has 5 heteroatoms. The van der Waals surface area contributed by atoms with Crippen LogP contribution in [0.1, 0.15) is 39.5 Å². The van der Waals surface area contributed by atoms with Crippen molar-refractivity contribution in [1.29, 1.82) is 0 Å². The minimum Gasteiger partial charge on any atom is -0.479 e. The van der Waals surface area contributed by atoms with Gasteiger partial charge in [-0.1, -0.05) is 66.2 Å². The molecule has 154 valence electrons. The summed E-state index contributed by atoms with van der Waals surface area (Å²) >= 11 is 0. The van der Waals surface area contributed by atoms with Crippen molar-refractivity contribution in [2.45, 2.75) is 33.1 Å². The van der Waals surface area contributed by atoms with Crippen LogP contribution in [0.2, 0.25) is 0 Å². The summed E-state index contributed by atoms with van der Waals surface area (Å²) in [6.07, 6.45) is 6.96. The molecule has 1 atom stereocenters. The zero-order valence-corrected chi connectivity index (χ0v) is 17.1. The Morgan fingerprint density at radius 3 is 2.40 bits per heavy atom. The molecule has 2 aromatic carbocycles.